The minimum absolute atomic E-state index is 0.386. The van der Waals surface area contributed by atoms with Gasteiger partial charge < -0.3 is 4.43 Å². The van der Waals surface area contributed by atoms with Gasteiger partial charge in [-0.15, -0.1) is 0 Å². The van der Waals surface area contributed by atoms with Gasteiger partial charge >= 0.3 is 0 Å². The molecule has 0 heterocycles. The highest BCUT2D eigenvalue weighted by molar-refractivity contribution is 5.98. The summed E-state index contributed by atoms with van der Waals surface area (Å²) in [7, 11) is 2.56. The molecule has 0 saturated heterocycles. The quantitative estimate of drug-likeness (QED) is 0.748. The first kappa shape index (κ1) is 16.2. The zero-order valence-electron chi connectivity index (χ0n) is 14.4. The lowest BCUT2D eigenvalue weighted by Crippen LogP contribution is -2.12. The van der Waals surface area contributed by atoms with Gasteiger partial charge in [0.15, 0.2) is 0 Å². The van der Waals surface area contributed by atoms with E-state index in [9.17, 15) is 0 Å². The summed E-state index contributed by atoms with van der Waals surface area (Å²) in [5.41, 5.74) is 6.47. The maximum atomic E-state index is 4.39. The van der Waals surface area contributed by atoms with Crippen LogP contribution in [0.2, 0.25) is 0 Å². The van der Waals surface area contributed by atoms with Crippen molar-refractivity contribution < 1.29 is 4.43 Å². The Kier molecular flexibility index (Phi) is 4.84. The van der Waals surface area contributed by atoms with Crippen LogP contribution in [0, 0.1) is 11.3 Å². The van der Waals surface area contributed by atoms with Gasteiger partial charge in [-0.3, -0.25) is 0 Å². The topological polar surface area (TPSA) is 9.23 Å². The molecule has 2 aliphatic rings. The average molecular weight is 323 g/mol. The zero-order chi connectivity index (χ0) is 16.3. The van der Waals surface area contributed by atoms with Crippen molar-refractivity contribution in [3.8, 4) is 0 Å². The molecule has 1 saturated carbocycles. The van der Waals surface area contributed by atoms with Crippen LogP contribution in [0.3, 0.4) is 0 Å². The molecule has 1 nitrogen and oxygen atoms in total. The van der Waals surface area contributed by atoms with Crippen LogP contribution in [0.25, 0.3) is 11.1 Å². The summed E-state index contributed by atoms with van der Waals surface area (Å²) >= 11 is 0. The number of fused-ring (bicyclic) bond motifs is 2. The number of hydrogen-bond donors (Lipinski definition) is 0. The van der Waals surface area contributed by atoms with Gasteiger partial charge in [-0.2, -0.15) is 0 Å². The van der Waals surface area contributed by atoms with Crippen LogP contribution in [0.4, 0.5) is 0 Å². The Labute approximate surface area is 142 Å². The lowest BCUT2D eigenvalue weighted by molar-refractivity contribution is 0.460. The van der Waals surface area contributed by atoms with Crippen LogP contribution in [0.5, 0.6) is 0 Å². The van der Waals surface area contributed by atoms with E-state index in [1.54, 1.807) is 18.3 Å². The Hall–Kier alpha value is -1.64. The molecule has 0 amide bonds. The maximum Gasteiger partial charge on any atom is 0.145 e. The largest absolute Gasteiger partial charge is 0.431 e. The molecule has 2 aromatic rings. The van der Waals surface area contributed by atoms with Gasteiger partial charge in [-0.1, -0.05) is 67.6 Å². The molecule has 0 aromatic heterocycles. The minimum atomic E-state index is 0.386. The lowest BCUT2D eigenvalue weighted by atomic mass is 9.76. The van der Waals surface area contributed by atoms with Crippen LogP contribution in [0.15, 0.2) is 60.7 Å². The Morgan fingerprint density at radius 3 is 2.04 bits per heavy atom. The van der Waals surface area contributed by atoms with Gasteiger partial charge in [-0.25, -0.2) is 0 Å². The predicted molar refractivity (Wildman–Crippen MR) is 102 cm³/mol. The zero-order valence-corrected chi connectivity index (χ0v) is 16.4. The van der Waals surface area contributed by atoms with Crippen molar-refractivity contribution >= 4 is 21.6 Å². The van der Waals surface area contributed by atoms with Crippen molar-refractivity contribution in [3.05, 3.63) is 71.8 Å². The van der Waals surface area contributed by atoms with E-state index in [4.69, 9.17) is 0 Å². The molecule has 0 N–H and O–H groups in total. The highest BCUT2D eigenvalue weighted by atomic mass is 28.2. The van der Waals surface area contributed by atoms with E-state index in [1.165, 1.54) is 30.4 Å². The van der Waals surface area contributed by atoms with Gasteiger partial charge in [0.25, 0.3) is 0 Å². The van der Waals surface area contributed by atoms with E-state index in [2.05, 4.69) is 72.0 Å². The van der Waals surface area contributed by atoms with Crippen molar-refractivity contribution in [3.63, 3.8) is 0 Å². The van der Waals surface area contributed by atoms with Crippen LogP contribution in [-0.4, -0.2) is 17.6 Å². The number of benzene rings is 2. The van der Waals surface area contributed by atoms with Crippen molar-refractivity contribution in [1.82, 2.24) is 0 Å². The molecule has 2 unspecified atom stereocenters. The SMILES string of the molecule is CC12CCC(C1)C(c1ccccc1)=C2c1ccccc1.CO[SiH3]. The summed E-state index contributed by atoms with van der Waals surface area (Å²) < 4.78 is 4.39. The highest BCUT2D eigenvalue weighted by Crippen LogP contribution is 2.63. The average Bonchev–Trinajstić information content (AvgIpc) is 3.10. The second-order valence-electron chi connectivity index (χ2n) is 6.93. The number of rotatable bonds is 2. The molecule has 1 fully saturated rings. The molecule has 2 bridgehead atoms. The Morgan fingerprint density at radius 2 is 1.48 bits per heavy atom. The second kappa shape index (κ2) is 6.86. The van der Waals surface area contributed by atoms with E-state index < -0.39 is 0 Å². The molecular formula is C21H26OSi. The van der Waals surface area contributed by atoms with Crippen molar-refractivity contribution in [1.29, 1.82) is 0 Å². The fourth-order valence-electron chi connectivity index (χ4n) is 4.35. The second-order valence-corrected chi connectivity index (χ2v) is 7.75. The smallest absolute Gasteiger partial charge is 0.145 e. The third-order valence-corrected chi connectivity index (χ3v) is 5.17. The van der Waals surface area contributed by atoms with Gasteiger partial charge in [0.1, 0.15) is 10.5 Å². The van der Waals surface area contributed by atoms with E-state index >= 15 is 0 Å². The molecule has 0 spiro atoms. The summed E-state index contributed by atoms with van der Waals surface area (Å²) in [5, 5.41) is 0. The fraction of sp³-hybridized carbons (Fsp3) is 0.333. The van der Waals surface area contributed by atoms with Gasteiger partial charge in [-0.05, 0) is 52.9 Å². The Balaban J connectivity index is 0.000000485. The van der Waals surface area contributed by atoms with Crippen molar-refractivity contribution in [2.45, 2.75) is 26.2 Å². The van der Waals surface area contributed by atoms with E-state index in [0.29, 0.717) is 5.41 Å². The van der Waals surface area contributed by atoms with Gasteiger partial charge in [0.05, 0.1) is 0 Å². The summed E-state index contributed by atoms with van der Waals surface area (Å²) in [6.45, 7) is 2.46. The maximum absolute atomic E-state index is 4.39. The van der Waals surface area contributed by atoms with Gasteiger partial charge in [0.2, 0.25) is 0 Å². The summed E-state index contributed by atoms with van der Waals surface area (Å²) in [4.78, 5) is 0. The first-order chi connectivity index (χ1) is 11.2. The van der Waals surface area contributed by atoms with Gasteiger partial charge in [0, 0.05) is 7.11 Å². The van der Waals surface area contributed by atoms with Crippen LogP contribution >= 0.6 is 0 Å². The summed E-state index contributed by atoms with van der Waals surface area (Å²) in [5.74, 6) is 0.762. The highest BCUT2D eigenvalue weighted by Gasteiger charge is 2.48. The third kappa shape index (κ3) is 3.06. The lowest BCUT2D eigenvalue weighted by Gasteiger charge is -2.28. The van der Waals surface area contributed by atoms with E-state index in [1.807, 2.05) is 0 Å². The summed E-state index contributed by atoms with van der Waals surface area (Å²) in [6.07, 6.45) is 4.04. The van der Waals surface area contributed by atoms with Crippen molar-refractivity contribution in [2.24, 2.45) is 11.3 Å². The van der Waals surface area contributed by atoms with Crippen LogP contribution in [0.1, 0.15) is 37.3 Å². The monoisotopic (exact) mass is 322 g/mol. The summed E-state index contributed by atoms with van der Waals surface area (Å²) in [6, 6.07) is 22.0. The van der Waals surface area contributed by atoms with Crippen LogP contribution in [-0.2, 0) is 4.43 Å². The van der Waals surface area contributed by atoms with E-state index in [-0.39, 0.29) is 0 Å². The van der Waals surface area contributed by atoms with E-state index in [0.717, 1.165) is 16.4 Å². The molecular weight excluding hydrogens is 296 g/mol. The number of allylic oxidation sites excluding steroid dienone is 2. The van der Waals surface area contributed by atoms with Crippen LogP contribution < -0.4 is 0 Å². The fourth-order valence-corrected chi connectivity index (χ4v) is 4.35. The standard InChI is InChI=1S/C20H20.CH6OSi/c1-20-13-12-17(14-20)18(15-8-4-2-5-9-15)19(20)16-10-6-3-7-11-16;1-2-3/h2-11,17H,12-14H2,1H3;1,3H3. The molecule has 2 atom stereocenters. The minimum Gasteiger partial charge on any atom is -0.431 e. The first-order valence-electron chi connectivity index (χ1n) is 8.45. The molecule has 23 heavy (non-hydrogen) atoms. The molecule has 2 aliphatic carbocycles. The molecule has 4 rings (SSSR count). The normalized spacial score (nSPS) is 25.4. The van der Waals surface area contributed by atoms with Crippen molar-refractivity contribution in [2.75, 3.05) is 7.11 Å². The number of hydrogen-bond acceptors (Lipinski definition) is 1. The third-order valence-electron chi connectivity index (χ3n) is 5.17. The first-order valence-corrected chi connectivity index (χ1v) is 9.27. The molecule has 0 radical (unpaired) electrons. The Bertz CT molecular complexity index is 678. The molecule has 0 aliphatic heterocycles. The molecule has 2 aromatic carbocycles. The molecule has 2 heteroatoms. The molecule has 120 valence electrons. The Morgan fingerprint density at radius 1 is 0.957 bits per heavy atom. The predicted octanol–water partition coefficient (Wildman–Crippen LogP) is 4.33.